The van der Waals surface area contributed by atoms with E-state index in [0.717, 1.165) is 12.1 Å². The van der Waals surface area contributed by atoms with E-state index in [1.807, 2.05) is 7.05 Å². The molecule has 27 heavy (non-hydrogen) atoms. The van der Waals surface area contributed by atoms with Crippen LogP contribution in [0.4, 0.5) is 5.82 Å². The Morgan fingerprint density at radius 1 is 1.15 bits per heavy atom. The third-order valence-corrected chi connectivity index (χ3v) is 4.68. The van der Waals surface area contributed by atoms with Crippen molar-refractivity contribution in [1.29, 1.82) is 0 Å². The second-order valence-corrected chi connectivity index (χ2v) is 6.65. The summed E-state index contributed by atoms with van der Waals surface area (Å²) >= 11 is 0. The van der Waals surface area contributed by atoms with Gasteiger partial charge in [0, 0.05) is 26.2 Å². The largest absolute Gasteiger partial charge is 0.353 e. The van der Waals surface area contributed by atoms with Crippen LogP contribution in [0.1, 0.15) is 38.5 Å². The van der Waals surface area contributed by atoms with Crippen LogP contribution in [-0.4, -0.2) is 58.6 Å². The highest BCUT2D eigenvalue weighted by Crippen LogP contribution is 2.18. The number of aromatic amines is 1. The third-order valence-electron chi connectivity index (χ3n) is 4.68. The van der Waals surface area contributed by atoms with Crippen LogP contribution in [0.15, 0.2) is 12.7 Å². The van der Waals surface area contributed by atoms with E-state index in [1.165, 1.54) is 44.9 Å². The summed E-state index contributed by atoms with van der Waals surface area (Å²) in [4.78, 5) is 29.4. The lowest BCUT2D eigenvalue weighted by Crippen LogP contribution is -2.40. The second-order valence-electron chi connectivity index (χ2n) is 6.65. The Hall–Kier alpha value is -1.64. The summed E-state index contributed by atoms with van der Waals surface area (Å²) in [5, 5.41) is 6.53. The van der Waals surface area contributed by atoms with Crippen molar-refractivity contribution >= 4 is 47.7 Å². The maximum Gasteiger partial charge on any atom is 0.239 e. The van der Waals surface area contributed by atoms with E-state index in [0.29, 0.717) is 24.1 Å². The topological polar surface area (TPSA) is 98.8 Å². The Kier molecular flexibility index (Phi) is 10.4. The van der Waals surface area contributed by atoms with Crippen molar-refractivity contribution in [3.05, 3.63) is 12.7 Å². The van der Waals surface area contributed by atoms with Gasteiger partial charge in [-0.2, -0.15) is 0 Å². The van der Waals surface area contributed by atoms with Gasteiger partial charge in [0.1, 0.15) is 11.8 Å². The summed E-state index contributed by atoms with van der Waals surface area (Å²) in [7, 11) is 1.84. The average molecular weight is 418 g/mol. The number of H-pyrrole nitrogens is 1. The van der Waals surface area contributed by atoms with Crippen LogP contribution in [0.3, 0.4) is 0 Å². The van der Waals surface area contributed by atoms with Crippen molar-refractivity contribution in [2.24, 2.45) is 0 Å². The quantitative estimate of drug-likeness (QED) is 0.470. The number of likely N-dealkylation sites (N-methyl/N-ethyl adjacent to an activating group) is 1. The summed E-state index contributed by atoms with van der Waals surface area (Å²) in [6, 6.07) is 0.608. The molecule has 0 spiro atoms. The van der Waals surface area contributed by atoms with Gasteiger partial charge in [-0.25, -0.2) is 15.0 Å². The Morgan fingerprint density at radius 2 is 1.89 bits per heavy atom. The number of anilines is 1. The van der Waals surface area contributed by atoms with E-state index in [4.69, 9.17) is 0 Å². The van der Waals surface area contributed by atoms with Gasteiger partial charge < -0.3 is 20.5 Å². The summed E-state index contributed by atoms with van der Waals surface area (Å²) < 4.78 is 0. The Bertz CT molecular complexity index is 689. The summed E-state index contributed by atoms with van der Waals surface area (Å²) in [6.07, 6.45) is 10.9. The molecule has 0 unspecified atom stereocenters. The predicted octanol–water partition coefficient (Wildman–Crippen LogP) is 2.06. The van der Waals surface area contributed by atoms with Crippen LogP contribution in [0, 0.1) is 0 Å². The summed E-state index contributed by atoms with van der Waals surface area (Å²) in [5.41, 5.74) is 1.35. The summed E-state index contributed by atoms with van der Waals surface area (Å²) in [5.74, 6) is 0.658. The number of amides is 1. The van der Waals surface area contributed by atoms with Gasteiger partial charge in [0.05, 0.1) is 12.9 Å². The average Bonchev–Trinajstić information content (AvgIpc) is 2.94. The molecule has 2 aromatic rings. The van der Waals surface area contributed by atoms with Gasteiger partial charge in [0.2, 0.25) is 5.91 Å². The van der Waals surface area contributed by atoms with Crippen molar-refractivity contribution in [2.75, 3.05) is 31.6 Å². The lowest BCUT2D eigenvalue weighted by molar-refractivity contribution is -0.119. The van der Waals surface area contributed by atoms with Crippen LogP contribution in [0.2, 0.25) is 0 Å². The standard InChI is InChI=1S/C17H27N7O.2ClH/c1-24(17-15-16(21-11-20-15)22-12-23-17)10-14(25)19-9-8-18-13-6-4-2-3-5-7-13;;/h11-13,18H,2-10H2,1H3,(H,19,25)(H,20,21,22,23);2*1H. The molecule has 8 nitrogen and oxygen atoms in total. The molecule has 2 aromatic heterocycles. The van der Waals surface area contributed by atoms with Gasteiger partial charge in [-0.05, 0) is 12.8 Å². The molecule has 1 aliphatic rings. The molecule has 1 fully saturated rings. The Balaban J connectivity index is 0.00000182. The van der Waals surface area contributed by atoms with Crippen molar-refractivity contribution in [3.8, 4) is 0 Å². The van der Waals surface area contributed by atoms with E-state index in [2.05, 4.69) is 30.6 Å². The van der Waals surface area contributed by atoms with Crippen molar-refractivity contribution in [1.82, 2.24) is 30.6 Å². The number of nitrogens with one attached hydrogen (secondary N) is 3. The van der Waals surface area contributed by atoms with Crippen LogP contribution in [0.5, 0.6) is 0 Å². The van der Waals surface area contributed by atoms with E-state index >= 15 is 0 Å². The molecule has 0 bridgehead atoms. The monoisotopic (exact) mass is 417 g/mol. The van der Waals surface area contributed by atoms with Gasteiger partial charge in [0.15, 0.2) is 11.5 Å². The first-order valence-corrected chi connectivity index (χ1v) is 9.09. The van der Waals surface area contributed by atoms with Crippen molar-refractivity contribution < 1.29 is 4.79 Å². The predicted molar refractivity (Wildman–Crippen MR) is 112 cm³/mol. The minimum atomic E-state index is -0.0172. The molecule has 3 rings (SSSR count). The van der Waals surface area contributed by atoms with Gasteiger partial charge in [0.25, 0.3) is 0 Å². The van der Waals surface area contributed by atoms with Crippen molar-refractivity contribution in [2.45, 2.75) is 44.6 Å². The lowest BCUT2D eigenvalue weighted by Gasteiger charge is -2.19. The van der Waals surface area contributed by atoms with Crippen molar-refractivity contribution in [3.63, 3.8) is 0 Å². The molecule has 10 heteroatoms. The molecular weight excluding hydrogens is 389 g/mol. The Morgan fingerprint density at radius 3 is 2.63 bits per heavy atom. The minimum absolute atomic E-state index is 0. The highest BCUT2D eigenvalue weighted by Gasteiger charge is 2.14. The van der Waals surface area contributed by atoms with E-state index in [1.54, 1.807) is 11.2 Å². The highest BCUT2D eigenvalue weighted by molar-refractivity contribution is 5.87. The minimum Gasteiger partial charge on any atom is -0.353 e. The number of hydrogen-bond donors (Lipinski definition) is 3. The normalized spacial score (nSPS) is 14.7. The van der Waals surface area contributed by atoms with Crippen LogP contribution in [0.25, 0.3) is 11.2 Å². The van der Waals surface area contributed by atoms with Crippen LogP contribution < -0.4 is 15.5 Å². The maximum atomic E-state index is 12.2. The molecule has 1 saturated carbocycles. The molecule has 2 heterocycles. The number of imidazole rings is 1. The number of carbonyl (C=O) groups is 1. The van der Waals surface area contributed by atoms with Gasteiger partial charge in [-0.3, -0.25) is 4.79 Å². The Labute approximate surface area is 172 Å². The number of aromatic nitrogens is 4. The fourth-order valence-corrected chi connectivity index (χ4v) is 3.35. The van der Waals surface area contributed by atoms with Crippen LogP contribution in [-0.2, 0) is 4.79 Å². The van der Waals surface area contributed by atoms with Crippen LogP contribution >= 0.6 is 24.8 Å². The number of nitrogens with zero attached hydrogens (tertiary/aromatic N) is 4. The lowest BCUT2D eigenvalue weighted by atomic mass is 10.1. The van der Waals surface area contributed by atoms with Gasteiger partial charge in [-0.15, -0.1) is 24.8 Å². The third kappa shape index (κ3) is 6.79. The van der Waals surface area contributed by atoms with E-state index in [9.17, 15) is 4.79 Å². The highest BCUT2D eigenvalue weighted by atomic mass is 35.5. The molecule has 0 aromatic carbocycles. The number of rotatable bonds is 7. The molecule has 0 atom stereocenters. The smallest absolute Gasteiger partial charge is 0.239 e. The molecule has 0 saturated heterocycles. The van der Waals surface area contributed by atoms with Gasteiger partial charge >= 0.3 is 0 Å². The fraction of sp³-hybridized carbons (Fsp3) is 0.647. The molecular formula is C17H29Cl2N7O. The number of fused-ring (bicyclic) bond motifs is 1. The van der Waals surface area contributed by atoms with E-state index in [-0.39, 0.29) is 37.3 Å². The molecule has 1 aliphatic carbocycles. The molecule has 3 N–H and O–H groups in total. The zero-order chi connectivity index (χ0) is 17.5. The summed E-state index contributed by atoms with van der Waals surface area (Å²) in [6.45, 7) is 1.71. The maximum absolute atomic E-state index is 12.2. The first-order valence-electron chi connectivity index (χ1n) is 9.09. The van der Waals surface area contributed by atoms with Gasteiger partial charge in [-0.1, -0.05) is 25.7 Å². The zero-order valence-electron chi connectivity index (χ0n) is 15.6. The SMILES string of the molecule is CN(CC(=O)NCCNC1CCCCCC1)c1ncnc2nc[nH]c12.Cl.Cl. The zero-order valence-corrected chi connectivity index (χ0v) is 17.2. The number of carbonyl (C=O) groups excluding carboxylic acids is 1. The fourth-order valence-electron chi connectivity index (χ4n) is 3.35. The second kappa shape index (κ2) is 11.9. The number of halogens is 2. The number of hydrogen-bond acceptors (Lipinski definition) is 6. The molecule has 0 aliphatic heterocycles. The first-order chi connectivity index (χ1) is 12.2. The first kappa shape index (κ1) is 23.4. The van der Waals surface area contributed by atoms with E-state index < -0.39 is 0 Å². The molecule has 0 radical (unpaired) electrons. The molecule has 152 valence electrons. The molecule has 1 amide bonds.